The van der Waals surface area contributed by atoms with Crippen LogP contribution in [0.2, 0.25) is 0 Å². The predicted molar refractivity (Wildman–Crippen MR) is 126 cm³/mol. The van der Waals surface area contributed by atoms with Gasteiger partial charge in [-0.05, 0) is 42.8 Å². The quantitative estimate of drug-likeness (QED) is 0.689. The summed E-state index contributed by atoms with van der Waals surface area (Å²) in [5.74, 6) is -0.0644. The number of nitrogens with one attached hydrogen (secondary N) is 1. The zero-order valence-corrected chi connectivity index (χ0v) is 19.4. The van der Waals surface area contributed by atoms with E-state index in [0.29, 0.717) is 38.3 Å². The minimum Gasteiger partial charge on any atom is -0.378 e. The molecule has 2 saturated heterocycles. The van der Waals surface area contributed by atoms with Crippen molar-refractivity contribution >= 4 is 17.3 Å². The summed E-state index contributed by atoms with van der Waals surface area (Å²) < 4.78 is 44.3. The van der Waals surface area contributed by atoms with Gasteiger partial charge in [-0.1, -0.05) is 18.2 Å². The van der Waals surface area contributed by atoms with Crippen molar-refractivity contribution in [2.24, 2.45) is 0 Å². The van der Waals surface area contributed by atoms with Gasteiger partial charge < -0.3 is 15.0 Å². The molecule has 9 heteroatoms. The maximum atomic E-state index is 13.0. The fourth-order valence-corrected chi connectivity index (χ4v) is 4.40. The molecule has 2 heterocycles. The molecule has 0 unspecified atom stereocenters. The molecule has 1 amide bonds. The Kier molecular flexibility index (Phi) is 7.75. The Balaban J connectivity index is 1.25. The minimum absolute atomic E-state index is 0.0644. The van der Waals surface area contributed by atoms with Crippen molar-refractivity contribution in [3.63, 3.8) is 0 Å². The van der Waals surface area contributed by atoms with Crippen molar-refractivity contribution in [2.45, 2.75) is 25.7 Å². The van der Waals surface area contributed by atoms with Crippen LogP contribution < -0.4 is 10.2 Å². The molecule has 0 saturated carbocycles. The molecular weight excluding hydrogens is 445 g/mol. The predicted octanol–water partition coefficient (Wildman–Crippen LogP) is 3.69. The maximum absolute atomic E-state index is 13.0. The third-order valence-electron chi connectivity index (χ3n) is 6.51. The molecular formula is C25H31F3N4O2. The SMILES string of the molecule is C[C@@H](C(=O)Nc1ccc(N2CCOCC2)cc1)N1CCN(Cc2cccc(C(F)(F)F)c2)CC1. The van der Waals surface area contributed by atoms with E-state index in [4.69, 9.17) is 4.74 Å². The number of rotatable bonds is 6. The third-order valence-corrected chi connectivity index (χ3v) is 6.51. The average molecular weight is 477 g/mol. The van der Waals surface area contributed by atoms with Crippen molar-refractivity contribution in [3.8, 4) is 0 Å². The van der Waals surface area contributed by atoms with E-state index in [1.807, 2.05) is 31.2 Å². The van der Waals surface area contributed by atoms with Gasteiger partial charge >= 0.3 is 6.18 Å². The Morgan fingerprint density at radius 2 is 1.68 bits per heavy atom. The first-order valence-corrected chi connectivity index (χ1v) is 11.7. The lowest BCUT2D eigenvalue weighted by molar-refractivity contribution is -0.137. The Hall–Kier alpha value is -2.62. The van der Waals surface area contributed by atoms with E-state index < -0.39 is 11.7 Å². The number of carbonyl (C=O) groups excluding carboxylic acids is 1. The van der Waals surface area contributed by atoms with E-state index in [0.717, 1.165) is 43.7 Å². The number of benzene rings is 2. The van der Waals surface area contributed by atoms with E-state index in [-0.39, 0.29) is 11.9 Å². The highest BCUT2D eigenvalue weighted by Crippen LogP contribution is 2.30. The molecule has 2 fully saturated rings. The summed E-state index contributed by atoms with van der Waals surface area (Å²) in [4.78, 5) is 19.3. The fraction of sp³-hybridized carbons (Fsp3) is 0.480. The molecule has 2 aromatic carbocycles. The summed E-state index contributed by atoms with van der Waals surface area (Å²) >= 11 is 0. The molecule has 0 aromatic heterocycles. The smallest absolute Gasteiger partial charge is 0.378 e. The van der Waals surface area contributed by atoms with Crippen molar-refractivity contribution in [3.05, 3.63) is 59.7 Å². The molecule has 0 spiro atoms. The van der Waals surface area contributed by atoms with Crippen LogP contribution >= 0.6 is 0 Å². The first-order valence-electron chi connectivity index (χ1n) is 11.7. The van der Waals surface area contributed by atoms with Crippen molar-refractivity contribution in [2.75, 3.05) is 62.7 Å². The second kappa shape index (κ2) is 10.8. The van der Waals surface area contributed by atoms with Gasteiger partial charge in [0.05, 0.1) is 24.8 Å². The summed E-state index contributed by atoms with van der Waals surface area (Å²) in [6, 6.07) is 13.1. The molecule has 2 aliphatic heterocycles. The molecule has 2 aliphatic rings. The molecule has 184 valence electrons. The number of hydrogen-bond acceptors (Lipinski definition) is 5. The van der Waals surface area contributed by atoms with Gasteiger partial charge in [0, 0.05) is 57.2 Å². The molecule has 1 N–H and O–H groups in total. The third kappa shape index (κ3) is 6.28. The van der Waals surface area contributed by atoms with E-state index in [1.165, 1.54) is 12.1 Å². The van der Waals surface area contributed by atoms with E-state index in [9.17, 15) is 18.0 Å². The molecule has 34 heavy (non-hydrogen) atoms. The highest BCUT2D eigenvalue weighted by atomic mass is 19.4. The van der Waals surface area contributed by atoms with Gasteiger partial charge in [-0.25, -0.2) is 0 Å². The average Bonchev–Trinajstić information content (AvgIpc) is 2.85. The van der Waals surface area contributed by atoms with Crippen LogP contribution in [0.1, 0.15) is 18.1 Å². The van der Waals surface area contributed by atoms with Crippen LogP contribution in [0.15, 0.2) is 48.5 Å². The van der Waals surface area contributed by atoms with E-state index >= 15 is 0 Å². The van der Waals surface area contributed by atoms with Crippen LogP contribution in [-0.2, 0) is 22.3 Å². The summed E-state index contributed by atoms with van der Waals surface area (Å²) in [6.45, 7) is 8.29. The number of alkyl halides is 3. The molecule has 4 rings (SSSR count). The molecule has 2 aromatic rings. The van der Waals surface area contributed by atoms with Crippen LogP contribution in [-0.4, -0.2) is 74.2 Å². The van der Waals surface area contributed by atoms with Crippen molar-refractivity contribution in [1.82, 2.24) is 9.80 Å². The number of halogens is 3. The van der Waals surface area contributed by atoms with E-state index in [1.54, 1.807) is 6.07 Å². The molecule has 0 aliphatic carbocycles. The van der Waals surface area contributed by atoms with E-state index in [2.05, 4.69) is 20.0 Å². The number of anilines is 2. The van der Waals surface area contributed by atoms with Gasteiger partial charge in [0.1, 0.15) is 0 Å². The Bertz CT molecular complexity index is 953. The van der Waals surface area contributed by atoms with Gasteiger partial charge in [0.25, 0.3) is 0 Å². The number of ether oxygens (including phenoxy) is 1. The monoisotopic (exact) mass is 476 g/mol. The lowest BCUT2D eigenvalue weighted by Crippen LogP contribution is -2.52. The number of carbonyl (C=O) groups is 1. The zero-order chi connectivity index (χ0) is 24.1. The Labute approximate surface area is 198 Å². The number of amides is 1. The summed E-state index contributed by atoms with van der Waals surface area (Å²) in [5.41, 5.74) is 1.91. The zero-order valence-electron chi connectivity index (χ0n) is 19.4. The van der Waals surface area contributed by atoms with Crippen molar-refractivity contribution in [1.29, 1.82) is 0 Å². The summed E-state index contributed by atoms with van der Waals surface area (Å²) in [6.07, 6.45) is -4.33. The van der Waals surface area contributed by atoms with Gasteiger partial charge in [-0.2, -0.15) is 13.2 Å². The highest BCUT2D eigenvalue weighted by Gasteiger charge is 2.31. The number of hydrogen-bond donors (Lipinski definition) is 1. The van der Waals surface area contributed by atoms with Crippen LogP contribution in [0.3, 0.4) is 0 Å². The number of morpholine rings is 1. The lowest BCUT2D eigenvalue weighted by atomic mass is 10.1. The van der Waals surface area contributed by atoms with Crippen LogP contribution in [0.4, 0.5) is 24.5 Å². The number of nitrogens with zero attached hydrogens (tertiary/aromatic N) is 3. The largest absolute Gasteiger partial charge is 0.416 e. The fourth-order valence-electron chi connectivity index (χ4n) is 4.40. The summed E-state index contributed by atoms with van der Waals surface area (Å²) in [5, 5.41) is 3.00. The van der Waals surface area contributed by atoms with Gasteiger partial charge in [0.15, 0.2) is 0 Å². The molecule has 0 bridgehead atoms. The Morgan fingerprint density at radius 3 is 2.32 bits per heavy atom. The lowest BCUT2D eigenvalue weighted by Gasteiger charge is -2.37. The van der Waals surface area contributed by atoms with Gasteiger partial charge in [0.2, 0.25) is 5.91 Å². The standard InChI is InChI=1S/C25H31F3N4O2/c1-19(24(33)29-22-5-7-23(8-6-22)32-13-15-34-16-14-32)31-11-9-30(10-12-31)18-20-3-2-4-21(17-20)25(26,27)28/h2-8,17,19H,9-16,18H2,1H3,(H,29,33)/t19-/m0/s1. The Morgan fingerprint density at radius 1 is 1.00 bits per heavy atom. The van der Waals surface area contributed by atoms with Crippen LogP contribution in [0.25, 0.3) is 0 Å². The molecule has 1 atom stereocenters. The van der Waals surface area contributed by atoms with Gasteiger partial charge in [-0.3, -0.25) is 14.6 Å². The second-order valence-electron chi connectivity index (χ2n) is 8.82. The first-order chi connectivity index (χ1) is 16.3. The molecule has 0 radical (unpaired) electrons. The minimum atomic E-state index is -4.33. The topological polar surface area (TPSA) is 48.1 Å². The second-order valence-corrected chi connectivity index (χ2v) is 8.82. The van der Waals surface area contributed by atoms with Crippen LogP contribution in [0, 0.1) is 0 Å². The van der Waals surface area contributed by atoms with Crippen molar-refractivity contribution < 1.29 is 22.7 Å². The molecule has 6 nitrogen and oxygen atoms in total. The first kappa shape index (κ1) is 24.5. The highest BCUT2D eigenvalue weighted by molar-refractivity contribution is 5.94. The normalized spacial score (nSPS) is 19.1. The maximum Gasteiger partial charge on any atom is 0.416 e. The summed E-state index contributed by atoms with van der Waals surface area (Å²) in [7, 11) is 0. The van der Waals surface area contributed by atoms with Gasteiger partial charge in [-0.15, -0.1) is 0 Å². The van der Waals surface area contributed by atoms with Crippen LogP contribution in [0.5, 0.6) is 0 Å². The number of piperazine rings is 1.